The molecule has 0 fully saturated rings. The lowest BCUT2D eigenvalue weighted by Crippen LogP contribution is -2.25. The first-order valence-corrected chi connectivity index (χ1v) is 7.44. The van der Waals surface area contributed by atoms with Crippen molar-refractivity contribution < 1.29 is 9.18 Å². The Bertz CT molecular complexity index is 629. The maximum absolute atomic E-state index is 13.1. The van der Waals surface area contributed by atoms with E-state index >= 15 is 0 Å². The summed E-state index contributed by atoms with van der Waals surface area (Å²) in [6.45, 7) is 0.683. The molecule has 6 heteroatoms. The number of Topliss-reactive ketones (excluding diaryl/α,β-unsaturated/α-hetero) is 1. The molecule has 0 bridgehead atoms. The molecular formula is C14H12Cl2FNOS. The number of benzene rings is 1. The van der Waals surface area contributed by atoms with Crippen molar-refractivity contribution in [2.75, 3.05) is 13.6 Å². The number of nitrogens with zero attached hydrogens (tertiary/aromatic N) is 1. The molecule has 0 unspecified atom stereocenters. The van der Waals surface area contributed by atoms with Crippen molar-refractivity contribution in [3.8, 4) is 0 Å². The minimum Gasteiger partial charge on any atom is -0.295 e. The van der Waals surface area contributed by atoms with Gasteiger partial charge in [-0.05, 0) is 30.8 Å². The van der Waals surface area contributed by atoms with Gasteiger partial charge in [-0.1, -0.05) is 35.3 Å². The monoisotopic (exact) mass is 331 g/mol. The van der Waals surface area contributed by atoms with Gasteiger partial charge in [-0.2, -0.15) is 0 Å². The number of rotatable bonds is 5. The van der Waals surface area contributed by atoms with Crippen molar-refractivity contribution in [2.45, 2.75) is 6.54 Å². The van der Waals surface area contributed by atoms with Crippen LogP contribution in [0.25, 0.3) is 0 Å². The van der Waals surface area contributed by atoms with Gasteiger partial charge >= 0.3 is 0 Å². The van der Waals surface area contributed by atoms with Gasteiger partial charge in [0.25, 0.3) is 0 Å². The average Bonchev–Trinajstić information content (AvgIpc) is 2.68. The summed E-state index contributed by atoms with van der Waals surface area (Å²) in [5, 5.41) is 0. The Kier molecular flexibility index (Phi) is 5.16. The number of ketones is 1. The molecular weight excluding hydrogens is 320 g/mol. The molecule has 20 heavy (non-hydrogen) atoms. The molecule has 2 rings (SSSR count). The van der Waals surface area contributed by atoms with Gasteiger partial charge in [0.2, 0.25) is 0 Å². The van der Waals surface area contributed by atoms with Crippen molar-refractivity contribution in [1.82, 2.24) is 4.90 Å². The number of thiophene rings is 1. The number of halogens is 3. The van der Waals surface area contributed by atoms with E-state index in [0.717, 1.165) is 5.56 Å². The summed E-state index contributed by atoms with van der Waals surface area (Å²) in [5.74, 6) is -0.382. The second-order valence-corrected chi connectivity index (χ2v) is 6.75. The SMILES string of the molecule is CN(CC(=O)c1cc(Cl)sc1Cl)Cc1cccc(F)c1. The zero-order chi connectivity index (χ0) is 14.7. The van der Waals surface area contributed by atoms with Crippen LogP contribution in [-0.4, -0.2) is 24.3 Å². The Morgan fingerprint density at radius 1 is 1.35 bits per heavy atom. The van der Waals surface area contributed by atoms with Gasteiger partial charge in [0.05, 0.1) is 16.4 Å². The molecule has 0 aliphatic rings. The van der Waals surface area contributed by atoms with E-state index in [2.05, 4.69) is 0 Å². The van der Waals surface area contributed by atoms with Crippen LogP contribution in [0.3, 0.4) is 0 Å². The predicted octanol–water partition coefficient (Wildman–Crippen LogP) is 4.51. The third-order valence-electron chi connectivity index (χ3n) is 2.71. The summed E-state index contributed by atoms with van der Waals surface area (Å²) < 4.78 is 14.0. The van der Waals surface area contributed by atoms with Crippen LogP contribution in [0.2, 0.25) is 8.67 Å². The molecule has 0 amide bonds. The minimum atomic E-state index is -0.283. The van der Waals surface area contributed by atoms with E-state index in [4.69, 9.17) is 23.2 Å². The van der Waals surface area contributed by atoms with E-state index in [-0.39, 0.29) is 18.1 Å². The molecule has 2 nitrogen and oxygen atoms in total. The van der Waals surface area contributed by atoms with E-state index in [9.17, 15) is 9.18 Å². The third-order valence-corrected chi connectivity index (χ3v) is 4.20. The summed E-state index contributed by atoms with van der Waals surface area (Å²) in [5.41, 5.74) is 1.25. The Balaban J connectivity index is 1.99. The molecule has 106 valence electrons. The number of hydrogen-bond donors (Lipinski definition) is 0. The quantitative estimate of drug-likeness (QED) is 0.751. The fourth-order valence-corrected chi connectivity index (χ4v) is 3.36. The number of carbonyl (C=O) groups excluding carboxylic acids is 1. The zero-order valence-electron chi connectivity index (χ0n) is 10.7. The van der Waals surface area contributed by atoms with Crippen molar-refractivity contribution in [3.05, 3.63) is 55.9 Å². The fraction of sp³-hybridized carbons (Fsp3) is 0.214. The van der Waals surface area contributed by atoms with E-state index in [1.54, 1.807) is 24.1 Å². The highest BCUT2D eigenvalue weighted by atomic mass is 35.5. The van der Waals surface area contributed by atoms with Gasteiger partial charge in [-0.3, -0.25) is 9.69 Å². The Morgan fingerprint density at radius 2 is 2.10 bits per heavy atom. The van der Waals surface area contributed by atoms with Crippen LogP contribution in [0.4, 0.5) is 4.39 Å². The highest BCUT2D eigenvalue weighted by Crippen LogP contribution is 2.31. The summed E-state index contributed by atoms with van der Waals surface area (Å²) in [7, 11) is 1.80. The van der Waals surface area contributed by atoms with Crippen LogP contribution in [0.1, 0.15) is 15.9 Å². The summed E-state index contributed by atoms with van der Waals surface area (Å²) in [6.07, 6.45) is 0. The van der Waals surface area contributed by atoms with Crippen molar-refractivity contribution in [2.24, 2.45) is 0 Å². The van der Waals surface area contributed by atoms with Crippen LogP contribution >= 0.6 is 34.5 Å². The zero-order valence-corrected chi connectivity index (χ0v) is 13.0. The molecule has 0 atom stereocenters. The molecule has 0 N–H and O–H groups in total. The molecule has 0 radical (unpaired) electrons. The molecule has 1 aromatic heterocycles. The molecule has 0 aliphatic heterocycles. The number of carbonyl (C=O) groups is 1. The maximum atomic E-state index is 13.1. The average molecular weight is 332 g/mol. The van der Waals surface area contributed by atoms with Crippen LogP contribution in [0, 0.1) is 5.82 Å². The predicted molar refractivity (Wildman–Crippen MR) is 81.4 cm³/mol. The lowest BCUT2D eigenvalue weighted by atomic mass is 10.2. The smallest absolute Gasteiger partial charge is 0.179 e. The van der Waals surface area contributed by atoms with Crippen LogP contribution in [0.15, 0.2) is 30.3 Å². The Labute approximate surface area is 130 Å². The molecule has 1 heterocycles. The van der Waals surface area contributed by atoms with Gasteiger partial charge in [0.1, 0.15) is 10.2 Å². The molecule has 0 spiro atoms. The minimum absolute atomic E-state index is 0.1000. The highest BCUT2D eigenvalue weighted by molar-refractivity contribution is 7.20. The van der Waals surface area contributed by atoms with Gasteiger partial charge in [-0.25, -0.2) is 4.39 Å². The van der Waals surface area contributed by atoms with E-state index < -0.39 is 0 Å². The van der Waals surface area contributed by atoms with Gasteiger partial charge in [0.15, 0.2) is 5.78 Å². The van der Waals surface area contributed by atoms with Crippen LogP contribution < -0.4 is 0 Å². The van der Waals surface area contributed by atoms with Gasteiger partial charge in [0, 0.05) is 6.54 Å². The van der Waals surface area contributed by atoms with Crippen LogP contribution in [0.5, 0.6) is 0 Å². The van der Waals surface area contributed by atoms with E-state index in [1.807, 2.05) is 6.07 Å². The summed E-state index contributed by atoms with van der Waals surface area (Å²) in [4.78, 5) is 13.9. The first-order chi connectivity index (χ1) is 9.45. The lowest BCUT2D eigenvalue weighted by molar-refractivity contribution is 0.0943. The second-order valence-electron chi connectivity index (χ2n) is 4.46. The largest absolute Gasteiger partial charge is 0.295 e. The molecule has 0 saturated carbocycles. The first-order valence-electron chi connectivity index (χ1n) is 5.86. The lowest BCUT2D eigenvalue weighted by Gasteiger charge is -2.15. The Hall–Kier alpha value is -0.940. The topological polar surface area (TPSA) is 20.3 Å². The van der Waals surface area contributed by atoms with Gasteiger partial charge in [-0.15, -0.1) is 11.3 Å². The third kappa shape index (κ3) is 4.03. The normalized spacial score (nSPS) is 11.1. The molecule has 0 aliphatic carbocycles. The van der Waals surface area contributed by atoms with Crippen molar-refractivity contribution in [1.29, 1.82) is 0 Å². The van der Waals surface area contributed by atoms with E-state index in [0.29, 0.717) is 20.8 Å². The van der Waals surface area contributed by atoms with E-state index in [1.165, 1.54) is 23.5 Å². The van der Waals surface area contributed by atoms with Crippen molar-refractivity contribution in [3.63, 3.8) is 0 Å². The maximum Gasteiger partial charge on any atom is 0.179 e. The fourth-order valence-electron chi connectivity index (χ4n) is 1.86. The summed E-state index contributed by atoms with van der Waals surface area (Å²) in [6, 6.07) is 7.89. The standard InChI is InChI=1S/C14H12Cl2FNOS/c1-18(7-9-3-2-4-10(17)5-9)8-12(19)11-6-13(15)20-14(11)16/h2-6H,7-8H2,1H3. The van der Waals surface area contributed by atoms with Crippen LogP contribution in [-0.2, 0) is 6.54 Å². The molecule has 2 aromatic rings. The highest BCUT2D eigenvalue weighted by Gasteiger charge is 2.16. The first kappa shape index (κ1) is 15.4. The molecule has 1 aromatic carbocycles. The summed E-state index contributed by atoms with van der Waals surface area (Å²) >= 11 is 12.9. The second kappa shape index (κ2) is 6.68. The van der Waals surface area contributed by atoms with Crippen molar-refractivity contribution >= 4 is 40.3 Å². The molecule has 0 saturated heterocycles. The number of hydrogen-bond acceptors (Lipinski definition) is 3. The van der Waals surface area contributed by atoms with Gasteiger partial charge < -0.3 is 0 Å². The Morgan fingerprint density at radius 3 is 2.70 bits per heavy atom. The number of likely N-dealkylation sites (N-methyl/N-ethyl adjacent to an activating group) is 1.